The van der Waals surface area contributed by atoms with Gasteiger partial charge in [-0.2, -0.15) is 5.10 Å². The van der Waals surface area contributed by atoms with Crippen LogP contribution < -0.4 is 4.74 Å². The topological polar surface area (TPSA) is 36.3 Å². The van der Waals surface area contributed by atoms with E-state index in [-0.39, 0.29) is 0 Å². The van der Waals surface area contributed by atoms with Gasteiger partial charge in [0.2, 0.25) is 0 Å². The van der Waals surface area contributed by atoms with Gasteiger partial charge < -0.3 is 9.47 Å². The summed E-state index contributed by atoms with van der Waals surface area (Å²) >= 11 is 6.36. The zero-order valence-corrected chi connectivity index (χ0v) is 11.9. The number of benzene rings is 1. The molecule has 0 N–H and O–H groups in total. The Balaban J connectivity index is 1.67. The van der Waals surface area contributed by atoms with E-state index in [1.165, 1.54) is 0 Å². The van der Waals surface area contributed by atoms with Crippen LogP contribution in [0.5, 0.6) is 5.75 Å². The second-order valence-electron chi connectivity index (χ2n) is 4.86. The minimum absolute atomic E-state index is 0.310. The van der Waals surface area contributed by atoms with Crippen molar-refractivity contribution in [2.24, 2.45) is 0 Å². The molecular formula is C15H17ClN2O2. The highest BCUT2D eigenvalue weighted by molar-refractivity contribution is 6.31. The highest BCUT2D eigenvalue weighted by atomic mass is 35.5. The lowest BCUT2D eigenvalue weighted by Gasteiger charge is -2.22. The van der Waals surface area contributed by atoms with Crippen LogP contribution in [0.15, 0.2) is 36.5 Å². The molecule has 1 fully saturated rings. The van der Waals surface area contributed by atoms with Crippen LogP contribution in [0.3, 0.4) is 0 Å². The number of nitrogens with zero attached hydrogens (tertiary/aromatic N) is 2. The molecule has 1 aromatic heterocycles. The lowest BCUT2D eigenvalue weighted by atomic mass is 10.1. The van der Waals surface area contributed by atoms with Gasteiger partial charge in [-0.25, -0.2) is 4.68 Å². The summed E-state index contributed by atoms with van der Waals surface area (Å²) in [6.45, 7) is 2.03. The first-order chi connectivity index (χ1) is 9.84. The smallest absolute Gasteiger partial charge is 0.176 e. The van der Waals surface area contributed by atoms with Crippen LogP contribution in [0, 0.1) is 0 Å². The van der Waals surface area contributed by atoms with Gasteiger partial charge in [-0.1, -0.05) is 41.9 Å². The summed E-state index contributed by atoms with van der Waals surface area (Å²) in [7, 11) is 0. The lowest BCUT2D eigenvalue weighted by molar-refractivity contribution is 0.0662. The van der Waals surface area contributed by atoms with Gasteiger partial charge in [0, 0.05) is 13.2 Å². The molecule has 1 aromatic carbocycles. The molecule has 0 spiro atoms. The molecule has 2 aromatic rings. The summed E-state index contributed by atoms with van der Waals surface area (Å²) in [6, 6.07) is 10.3. The van der Waals surface area contributed by atoms with E-state index in [0.29, 0.717) is 23.6 Å². The number of aromatic nitrogens is 2. The van der Waals surface area contributed by atoms with Gasteiger partial charge in [0.15, 0.2) is 10.9 Å². The van der Waals surface area contributed by atoms with Crippen molar-refractivity contribution in [3.63, 3.8) is 0 Å². The highest BCUT2D eigenvalue weighted by Gasteiger charge is 2.21. The van der Waals surface area contributed by atoms with Crippen LogP contribution in [0.25, 0.3) is 0 Å². The average Bonchev–Trinajstić information content (AvgIpc) is 2.88. The van der Waals surface area contributed by atoms with Gasteiger partial charge in [-0.15, -0.1) is 0 Å². The summed E-state index contributed by atoms with van der Waals surface area (Å²) in [5, 5.41) is 4.93. The van der Waals surface area contributed by atoms with Crippen LogP contribution in [-0.2, 0) is 11.3 Å². The van der Waals surface area contributed by atoms with E-state index in [4.69, 9.17) is 21.1 Å². The van der Waals surface area contributed by atoms with Gasteiger partial charge >= 0.3 is 0 Å². The van der Waals surface area contributed by atoms with Crippen LogP contribution in [0.4, 0.5) is 0 Å². The van der Waals surface area contributed by atoms with Crippen molar-refractivity contribution in [1.82, 2.24) is 9.78 Å². The molecule has 1 saturated heterocycles. The molecule has 1 aliphatic rings. The molecule has 3 rings (SSSR count). The number of hydrogen-bond donors (Lipinski definition) is 0. The van der Waals surface area contributed by atoms with Crippen molar-refractivity contribution < 1.29 is 9.47 Å². The predicted octanol–water partition coefficient (Wildman–Crippen LogP) is 3.47. The fourth-order valence-electron chi connectivity index (χ4n) is 2.35. The summed E-state index contributed by atoms with van der Waals surface area (Å²) in [5.41, 5.74) is 1.11. The van der Waals surface area contributed by atoms with Crippen molar-refractivity contribution in [3.8, 4) is 5.75 Å². The molecule has 2 heterocycles. The zero-order chi connectivity index (χ0) is 13.8. The van der Waals surface area contributed by atoms with E-state index in [0.717, 1.165) is 31.6 Å². The quantitative estimate of drug-likeness (QED) is 0.866. The molecule has 0 bridgehead atoms. The molecule has 0 radical (unpaired) electrons. The van der Waals surface area contributed by atoms with E-state index in [1.54, 1.807) is 6.20 Å². The standard InChI is InChI=1S/C15H17ClN2O2/c16-15-14(20-11-12-4-2-1-3-5-12)10-17-18(15)13-6-8-19-9-7-13/h1-5,10,13H,6-9,11H2. The molecule has 0 aliphatic carbocycles. The molecule has 106 valence electrons. The molecule has 0 amide bonds. The largest absolute Gasteiger partial charge is 0.484 e. The number of ether oxygens (including phenoxy) is 2. The van der Waals surface area contributed by atoms with Gasteiger partial charge in [-0.3, -0.25) is 0 Å². The lowest BCUT2D eigenvalue weighted by Crippen LogP contribution is -2.20. The number of hydrogen-bond acceptors (Lipinski definition) is 3. The van der Waals surface area contributed by atoms with E-state index in [1.807, 2.05) is 35.0 Å². The van der Waals surface area contributed by atoms with E-state index >= 15 is 0 Å². The third-order valence-electron chi connectivity index (χ3n) is 3.48. The Morgan fingerprint density at radius 1 is 1.25 bits per heavy atom. The normalized spacial score (nSPS) is 16.2. The first-order valence-electron chi connectivity index (χ1n) is 6.82. The van der Waals surface area contributed by atoms with Crippen molar-refractivity contribution >= 4 is 11.6 Å². The summed E-state index contributed by atoms with van der Waals surface area (Å²) < 4.78 is 13.0. The van der Waals surface area contributed by atoms with Gasteiger partial charge in [-0.05, 0) is 18.4 Å². The average molecular weight is 293 g/mol. The molecule has 5 heteroatoms. The molecule has 0 saturated carbocycles. The Morgan fingerprint density at radius 3 is 2.75 bits per heavy atom. The summed E-state index contributed by atoms with van der Waals surface area (Å²) in [5.74, 6) is 0.641. The van der Waals surface area contributed by atoms with Crippen molar-refractivity contribution in [1.29, 1.82) is 0 Å². The Bertz CT molecular complexity index is 550. The summed E-state index contributed by atoms with van der Waals surface area (Å²) in [4.78, 5) is 0. The minimum atomic E-state index is 0.310. The first-order valence-corrected chi connectivity index (χ1v) is 7.20. The third kappa shape index (κ3) is 2.97. The van der Waals surface area contributed by atoms with Crippen molar-refractivity contribution in [3.05, 3.63) is 47.2 Å². The molecule has 0 unspecified atom stereocenters. The second-order valence-corrected chi connectivity index (χ2v) is 5.22. The highest BCUT2D eigenvalue weighted by Crippen LogP contribution is 2.31. The van der Waals surface area contributed by atoms with E-state index in [2.05, 4.69) is 5.10 Å². The monoisotopic (exact) mass is 292 g/mol. The van der Waals surface area contributed by atoms with Crippen LogP contribution >= 0.6 is 11.6 Å². The molecule has 4 nitrogen and oxygen atoms in total. The third-order valence-corrected chi connectivity index (χ3v) is 3.84. The maximum absolute atomic E-state index is 6.36. The fraction of sp³-hybridized carbons (Fsp3) is 0.400. The van der Waals surface area contributed by atoms with Gasteiger partial charge in [0.05, 0.1) is 12.2 Å². The Morgan fingerprint density at radius 2 is 2.00 bits per heavy atom. The zero-order valence-electron chi connectivity index (χ0n) is 11.2. The molecule has 20 heavy (non-hydrogen) atoms. The van der Waals surface area contributed by atoms with E-state index in [9.17, 15) is 0 Å². The van der Waals surface area contributed by atoms with E-state index < -0.39 is 0 Å². The van der Waals surface area contributed by atoms with Crippen molar-refractivity contribution in [2.45, 2.75) is 25.5 Å². The Hall–Kier alpha value is -1.52. The van der Waals surface area contributed by atoms with Crippen LogP contribution in [-0.4, -0.2) is 23.0 Å². The minimum Gasteiger partial charge on any atom is -0.484 e. The Labute approximate surface area is 123 Å². The van der Waals surface area contributed by atoms with Crippen LogP contribution in [0.1, 0.15) is 24.4 Å². The van der Waals surface area contributed by atoms with Crippen molar-refractivity contribution in [2.75, 3.05) is 13.2 Å². The van der Waals surface area contributed by atoms with Gasteiger partial charge in [0.1, 0.15) is 6.61 Å². The summed E-state index contributed by atoms with van der Waals surface area (Å²) in [6.07, 6.45) is 3.58. The SMILES string of the molecule is Clc1c(OCc2ccccc2)cnn1C1CCOCC1. The number of rotatable bonds is 4. The van der Waals surface area contributed by atoms with Crippen LogP contribution in [0.2, 0.25) is 5.15 Å². The Kier molecular flexibility index (Phi) is 4.23. The maximum Gasteiger partial charge on any atom is 0.176 e. The number of halogens is 1. The van der Waals surface area contributed by atoms with Gasteiger partial charge in [0.25, 0.3) is 0 Å². The fourth-order valence-corrected chi connectivity index (χ4v) is 2.63. The molecule has 1 aliphatic heterocycles. The first kappa shape index (κ1) is 13.5. The maximum atomic E-state index is 6.36. The molecule has 0 atom stereocenters. The molecular weight excluding hydrogens is 276 g/mol. The second kappa shape index (κ2) is 6.29. The predicted molar refractivity (Wildman–Crippen MR) is 77.1 cm³/mol.